The van der Waals surface area contributed by atoms with Gasteiger partial charge in [0.2, 0.25) is 0 Å². The van der Waals surface area contributed by atoms with Crippen molar-refractivity contribution in [3.63, 3.8) is 0 Å². The monoisotopic (exact) mass is 309 g/mol. The van der Waals surface area contributed by atoms with Crippen molar-refractivity contribution in [1.82, 2.24) is 15.3 Å². The van der Waals surface area contributed by atoms with Crippen molar-refractivity contribution in [2.24, 2.45) is 5.92 Å². The van der Waals surface area contributed by atoms with Crippen LogP contribution in [0, 0.1) is 5.92 Å². The van der Waals surface area contributed by atoms with Gasteiger partial charge in [-0.25, -0.2) is 9.97 Å². The number of ketones is 1. The minimum atomic E-state index is -0.156. The second kappa shape index (κ2) is 4.96. The normalized spacial score (nSPS) is 27.4. The molecule has 0 radical (unpaired) electrons. The first-order valence-corrected chi connectivity index (χ1v) is 7.87. The number of aromatic nitrogens is 2. The van der Waals surface area contributed by atoms with Gasteiger partial charge in [0.15, 0.2) is 0 Å². The third-order valence-electron chi connectivity index (χ3n) is 4.98. The van der Waals surface area contributed by atoms with Crippen molar-refractivity contribution in [2.45, 2.75) is 25.3 Å². The van der Waals surface area contributed by atoms with Crippen molar-refractivity contribution < 1.29 is 4.79 Å². The Hall–Kier alpha value is -2.59. The number of nitrogens with zero attached hydrogens (tertiary/aromatic N) is 3. The molecule has 6 heteroatoms. The summed E-state index contributed by atoms with van der Waals surface area (Å²) in [7, 11) is 0. The number of rotatable bonds is 3. The molecule has 4 rings (SSSR count). The van der Waals surface area contributed by atoms with E-state index in [2.05, 4.69) is 27.1 Å². The lowest BCUT2D eigenvalue weighted by Gasteiger charge is -2.46. The van der Waals surface area contributed by atoms with Crippen LogP contribution in [0.2, 0.25) is 0 Å². The van der Waals surface area contributed by atoms with Gasteiger partial charge in [-0.3, -0.25) is 4.79 Å². The van der Waals surface area contributed by atoms with Gasteiger partial charge in [0, 0.05) is 18.0 Å². The maximum atomic E-state index is 11.6. The molecule has 0 spiro atoms. The Balaban J connectivity index is 1.85. The van der Waals surface area contributed by atoms with Gasteiger partial charge in [0.05, 0.1) is 17.6 Å². The molecule has 3 heterocycles. The summed E-state index contributed by atoms with van der Waals surface area (Å²) in [4.78, 5) is 22.1. The predicted octanol–water partition coefficient (Wildman–Crippen LogP) is 1.27. The molecule has 1 saturated carbocycles. The zero-order valence-electron chi connectivity index (χ0n) is 13.0. The summed E-state index contributed by atoms with van der Waals surface area (Å²) < 4.78 is 0. The number of anilines is 2. The number of nitrogen functional groups attached to an aromatic ring is 1. The highest BCUT2D eigenvalue weighted by molar-refractivity contribution is 5.89. The summed E-state index contributed by atoms with van der Waals surface area (Å²) in [5.41, 5.74) is 11.3. The van der Waals surface area contributed by atoms with Crippen LogP contribution in [0.25, 0.3) is 5.57 Å². The van der Waals surface area contributed by atoms with Crippen LogP contribution in [0.3, 0.4) is 0 Å². The minimum absolute atomic E-state index is 0.0883. The molecule has 6 nitrogen and oxygen atoms in total. The Morgan fingerprint density at radius 2 is 2.43 bits per heavy atom. The van der Waals surface area contributed by atoms with Crippen LogP contribution < -0.4 is 16.0 Å². The Morgan fingerprint density at radius 1 is 1.57 bits per heavy atom. The molecule has 1 aromatic rings. The number of hydrogen-bond acceptors (Lipinski definition) is 6. The van der Waals surface area contributed by atoms with Crippen molar-refractivity contribution in [1.29, 1.82) is 0 Å². The number of nitrogens with one attached hydrogen (secondary N) is 1. The van der Waals surface area contributed by atoms with Gasteiger partial charge in [-0.2, -0.15) is 0 Å². The SMILES string of the molecule is CC(=O)CN1CC=C=C(C23CCC2C=CN3)c2c(N)ncnc21. The molecular weight excluding hydrogens is 290 g/mol. The fourth-order valence-electron chi connectivity index (χ4n) is 3.78. The van der Waals surface area contributed by atoms with Crippen LogP contribution in [0.4, 0.5) is 11.6 Å². The Labute approximate surface area is 134 Å². The fourth-order valence-corrected chi connectivity index (χ4v) is 3.78. The zero-order chi connectivity index (χ0) is 16.0. The molecule has 0 amide bonds. The third-order valence-corrected chi connectivity index (χ3v) is 4.98. The van der Waals surface area contributed by atoms with Gasteiger partial charge in [-0.1, -0.05) is 6.08 Å². The average Bonchev–Trinajstić information content (AvgIpc) is 2.67. The quantitative estimate of drug-likeness (QED) is 0.818. The van der Waals surface area contributed by atoms with E-state index in [-0.39, 0.29) is 11.3 Å². The van der Waals surface area contributed by atoms with Gasteiger partial charge >= 0.3 is 0 Å². The Kier molecular flexibility index (Phi) is 3.03. The summed E-state index contributed by atoms with van der Waals surface area (Å²) in [6.07, 6.45) is 9.82. The van der Waals surface area contributed by atoms with Crippen molar-refractivity contribution in [3.8, 4) is 0 Å². The molecule has 1 aliphatic carbocycles. The first kappa shape index (κ1) is 14.0. The summed E-state index contributed by atoms with van der Waals surface area (Å²) in [5.74, 6) is 1.70. The molecule has 3 aliphatic rings. The number of carbonyl (C=O) groups is 1. The van der Waals surface area contributed by atoms with E-state index < -0.39 is 0 Å². The first-order chi connectivity index (χ1) is 11.1. The van der Waals surface area contributed by atoms with Crippen LogP contribution >= 0.6 is 0 Å². The predicted molar refractivity (Wildman–Crippen MR) is 88.6 cm³/mol. The molecule has 2 atom stereocenters. The summed E-state index contributed by atoms with van der Waals surface area (Å²) >= 11 is 0. The first-order valence-electron chi connectivity index (χ1n) is 7.87. The van der Waals surface area contributed by atoms with Crippen LogP contribution in [0.15, 0.2) is 30.4 Å². The van der Waals surface area contributed by atoms with Crippen LogP contribution in [-0.2, 0) is 4.79 Å². The average molecular weight is 309 g/mol. The van der Waals surface area contributed by atoms with Crippen LogP contribution in [0.5, 0.6) is 0 Å². The minimum Gasteiger partial charge on any atom is -0.383 e. The second-order valence-corrected chi connectivity index (χ2v) is 6.38. The Bertz CT molecular complexity index is 777. The Morgan fingerprint density at radius 3 is 3.13 bits per heavy atom. The van der Waals surface area contributed by atoms with Gasteiger partial charge in [0.1, 0.15) is 23.7 Å². The smallest absolute Gasteiger partial charge is 0.149 e. The molecule has 1 fully saturated rings. The van der Waals surface area contributed by atoms with E-state index in [0.717, 1.165) is 29.8 Å². The van der Waals surface area contributed by atoms with E-state index >= 15 is 0 Å². The number of fused-ring (bicyclic) bond motifs is 2. The molecule has 0 saturated heterocycles. The summed E-state index contributed by atoms with van der Waals surface area (Å²) in [5, 5.41) is 3.49. The highest BCUT2D eigenvalue weighted by Crippen LogP contribution is 2.52. The van der Waals surface area contributed by atoms with Gasteiger partial charge in [-0.05, 0) is 32.0 Å². The summed E-state index contributed by atoms with van der Waals surface area (Å²) in [6.45, 7) is 2.47. The van der Waals surface area contributed by atoms with Gasteiger partial charge in [0.25, 0.3) is 0 Å². The highest BCUT2D eigenvalue weighted by Gasteiger charge is 2.52. The molecule has 3 N–H and O–H groups in total. The number of nitrogens with two attached hydrogens (primary N) is 1. The molecule has 1 aromatic heterocycles. The number of carbonyl (C=O) groups excluding carboxylic acids is 1. The van der Waals surface area contributed by atoms with E-state index in [1.807, 2.05) is 17.2 Å². The van der Waals surface area contributed by atoms with Gasteiger partial charge < -0.3 is 16.0 Å². The van der Waals surface area contributed by atoms with E-state index in [9.17, 15) is 4.79 Å². The molecule has 118 valence electrons. The largest absolute Gasteiger partial charge is 0.383 e. The van der Waals surface area contributed by atoms with Crippen LogP contribution in [-0.4, -0.2) is 34.4 Å². The fraction of sp³-hybridized carbons (Fsp3) is 0.412. The van der Waals surface area contributed by atoms with E-state index in [1.54, 1.807) is 6.92 Å². The lowest BCUT2D eigenvalue weighted by molar-refractivity contribution is -0.115. The van der Waals surface area contributed by atoms with Crippen molar-refractivity contribution >= 4 is 23.0 Å². The lowest BCUT2D eigenvalue weighted by Crippen LogP contribution is -2.53. The standard InChI is InChI=1S/C17H19N5O/c1-11(23)9-22-8-2-3-13(14-15(18)19-10-20-16(14)22)17-6-4-12(17)5-7-21-17/h2,5,7,10,12,21H,4,6,8-9H2,1H3,(H2,18,19,20). The number of Topliss-reactive ketones (excluding diaryl/α,β-unsaturated/α-hetero) is 1. The van der Waals surface area contributed by atoms with Crippen molar-refractivity contribution in [3.05, 3.63) is 36.0 Å². The zero-order valence-corrected chi connectivity index (χ0v) is 13.0. The molecular formula is C17H19N5O. The molecule has 2 unspecified atom stereocenters. The van der Waals surface area contributed by atoms with Crippen LogP contribution in [0.1, 0.15) is 25.3 Å². The second-order valence-electron chi connectivity index (χ2n) is 6.38. The van der Waals surface area contributed by atoms with E-state index in [0.29, 0.717) is 24.8 Å². The number of hydrogen-bond donors (Lipinski definition) is 2. The van der Waals surface area contributed by atoms with Gasteiger partial charge in [-0.15, -0.1) is 5.73 Å². The van der Waals surface area contributed by atoms with E-state index in [1.165, 1.54) is 6.33 Å². The van der Waals surface area contributed by atoms with E-state index in [4.69, 9.17) is 5.73 Å². The molecule has 0 bridgehead atoms. The molecule has 2 aliphatic heterocycles. The molecule has 23 heavy (non-hydrogen) atoms. The summed E-state index contributed by atoms with van der Waals surface area (Å²) in [6, 6.07) is 0. The highest BCUT2D eigenvalue weighted by atomic mass is 16.1. The maximum Gasteiger partial charge on any atom is 0.149 e. The topological polar surface area (TPSA) is 84.1 Å². The molecule has 0 aromatic carbocycles. The maximum absolute atomic E-state index is 11.6. The third kappa shape index (κ3) is 1.99. The van der Waals surface area contributed by atoms with Crippen molar-refractivity contribution in [2.75, 3.05) is 23.7 Å². The lowest BCUT2D eigenvalue weighted by atomic mass is 9.63.